The average molecular weight is 284 g/mol. The number of nitrogens with two attached hydrogens (primary N) is 2. The van der Waals surface area contributed by atoms with Crippen LogP contribution < -0.4 is 10.9 Å². The molecule has 5 nitrogen and oxygen atoms in total. The normalized spacial score (nSPS) is 11.8. The lowest BCUT2D eigenvalue weighted by Crippen LogP contribution is -2.17. The second-order valence-electron chi connectivity index (χ2n) is 3.95. The van der Waals surface area contributed by atoms with Gasteiger partial charge in [0.25, 0.3) is 0 Å². The molecule has 0 spiro atoms. The maximum Gasteiger partial charge on any atom is 0.209 e. The Kier molecular flexibility index (Phi) is 3.38. The van der Waals surface area contributed by atoms with E-state index in [0.29, 0.717) is 16.3 Å². The lowest BCUT2D eigenvalue weighted by atomic mass is 10.1. The van der Waals surface area contributed by atoms with Crippen LogP contribution in [0.3, 0.4) is 0 Å². The van der Waals surface area contributed by atoms with E-state index in [-0.39, 0.29) is 12.2 Å². The number of primary sulfonamides is 1. The summed E-state index contributed by atoms with van der Waals surface area (Å²) < 4.78 is 27.2. The van der Waals surface area contributed by atoms with E-state index >= 15 is 0 Å². The summed E-state index contributed by atoms with van der Waals surface area (Å²) in [7, 11) is -3.48. The molecule has 0 amide bonds. The Labute approximate surface area is 110 Å². The van der Waals surface area contributed by atoms with Crippen molar-refractivity contribution in [2.75, 3.05) is 5.75 Å². The number of aryl methyl sites for hydroxylation is 1. The van der Waals surface area contributed by atoms with Crippen LogP contribution in [0.4, 0.5) is 0 Å². The van der Waals surface area contributed by atoms with E-state index in [1.54, 1.807) is 18.2 Å². The van der Waals surface area contributed by atoms with E-state index in [9.17, 15) is 8.42 Å². The molecular weight excluding hydrogens is 272 g/mol. The Hall–Kier alpha value is -1.44. The number of thiocarbonyl (C=S) groups is 1. The molecule has 0 aliphatic rings. The molecule has 96 valence electrons. The fourth-order valence-electron chi connectivity index (χ4n) is 1.62. The van der Waals surface area contributed by atoms with Crippen molar-refractivity contribution >= 4 is 38.2 Å². The quantitative estimate of drug-likeness (QED) is 0.813. The highest BCUT2D eigenvalue weighted by Gasteiger charge is 2.09. The van der Waals surface area contributed by atoms with Crippen LogP contribution >= 0.6 is 12.2 Å². The zero-order chi connectivity index (χ0) is 13.3. The van der Waals surface area contributed by atoms with Gasteiger partial charge in [-0.2, -0.15) is 0 Å². The summed E-state index contributed by atoms with van der Waals surface area (Å²) in [5, 5.41) is 5.78. The van der Waals surface area contributed by atoms with Crippen molar-refractivity contribution in [2.24, 2.45) is 10.9 Å². The molecule has 4 N–H and O–H groups in total. The Morgan fingerprint density at radius 3 is 2.67 bits per heavy atom. The van der Waals surface area contributed by atoms with E-state index in [4.69, 9.17) is 27.5 Å². The van der Waals surface area contributed by atoms with Crippen LogP contribution in [-0.2, 0) is 16.4 Å². The molecule has 0 unspecified atom stereocenters. The second-order valence-corrected chi connectivity index (χ2v) is 6.12. The maximum atomic E-state index is 10.9. The molecule has 0 bridgehead atoms. The zero-order valence-electron chi connectivity index (χ0n) is 9.42. The highest BCUT2D eigenvalue weighted by Crippen LogP contribution is 2.21. The monoisotopic (exact) mass is 284 g/mol. The largest absolute Gasteiger partial charge is 0.461 e. The molecule has 0 atom stereocenters. The number of sulfonamides is 1. The van der Waals surface area contributed by atoms with Gasteiger partial charge in [-0.3, -0.25) is 0 Å². The summed E-state index contributed by atoms with van der Waals surface area (Å²) in [6, 6.07) is 7.09. The van der Waals surface area contributed by atoms with Crippen molar-refractivity contribution in [2.45, 2.75) is 6.42 Å². The second kappa shape index (κ2) is 4.68. The average Bonchev–Trinajstić information content (AvgIpc) is 2.66. The summed E-state index contributed by atoms with van der Waals surface area (Å²) in [6.45, 7) is 0. The van der Waals surface area contributed by atoms with E-state index in [1.165, 1.54) is 0 Å². The Morgan fingerprint density at radius 2 is 2.06 bits per heavy atom. The number of rotatable bonds is 4. The minimum absolute atomic E-state index is 0.144. The van der Waals surface area contributed by atoms with E-state index in [1.807, 2.05) is 6.07 Å². The number of hydrogen-bond acceptors (Lipinski definition) is 4. The third kappa shape index (κ3) is 3.06. The summed E-state index contributed by atoms with van der Waals surface area (Å²) in [5.41, 5.74) is 6.95. The van der Waals surface area contributed by atoms with Crippen LogP contribution in [0.1, 0.15) is 11.3 Å². The molecule has 1 heterocycles. The first kappa shape index (κ1) is 13.0. The first-order valence-electron chi connectivity index (χ1n) is 5.18. The molecule has 1 aromatic heterocycles. The van der Waals surface area contributed by atoms with Gasteiger partial charge in [-0.1, -0.05) is 12.2 Å². The van der Waals surface area contributed by atoms with Gasteiger partial charge in [0.15, 0.2) is 0 Å². The zero-order valence-corrected chi connectivity index (χ0v) is 11.1. The van der Waals surface area contributed by atoms with Crippen LogP contribution in [0.5, 0.6) is 0 Å². The van der Waals surface area contributed by atoms with Gasteiger partial charge < -0.3 is 10.2 Å². The molecule has 18 heavy (non-hydrogen) atoms. The van der Waals surface area contributed by atoms with Crippen molar-refractivity contribution in [3.05, 3.63) is 35.6 Å². The van der Waals surface area contributed by atoms with Gasteiger partial charge >= 0.3 is 0 Å². The first-order valence-corrected chi connectivity index (χ1v) is 7.30. The molecule has 0 radical (unpaired) electrons. The molecule has 2 rings (SSSR count). The summed E-state index contributed by atoms with van der Waals surface area (Å²) in [6.07, 6.45) is 0.246. The molecule has 0 aliphatic heterocycles. The van der Waals surface area contributed by atoms with Crippen LogP contribution in [0.15, 0.2) is 28.7 Å². The third-order valence-corrected chi connectivity index (χ3v) is 3.49. The molecule has 0 saturated carbocycles. The summed E-state index contributed by atoms with van der Waals surface area (Å²) >= 11 is 4.88. The van der Waals surface area contributed by atoms with Gasteiger partial charge in [-0.15, -0.1) is 0 Å². The van der Waals surface area contributed by atoms with Crippen LogP contribution in [0.25, 0.3) is 11.0 Å². The van der Waals surface area contributed by atoms with Gasteiger partial charge in [0.1, 0.15) is 16.3 Å². The molecule has 0 aliphatic carbocycles. The molecule has 7 heteroatoms. The maximum absolute atomic E-state index is 10.9. The molecule has 1 aromatic carbocycles. The highest BCUT2D eigenvalue weighted by atomic mass is 32.2. The summed E-state index contributed by atoms with van der Waals surface area (Å²) in [4.78, 5) is 0.309. The van der Waals surface area contributed by atoms with Crippen molar-refractivity contribution < 1.29 is 12.8 Å². The van der Waals surface area contributed by atoms with E-state index < -0.39 is 10.0 Å². The highest BCUT2D eigenvalue weighted by molar-refractivity contribution is 7.89. The molecule has 0 fully saturated rings. The number of benzene rings is 1. The minimum Gasteiger partial charge on any atom is -0.461 e. The summed E-state index contributed by atoms with van der Waals surface area (Å²) in [5.74, 6) is 0.425. The third-order valence-electron chi connectivity index (χ3n) is 2.48. The number of hydrogen-bond donors (Lipinski definition) is 2. The first-order chi connectivity index (χ1) is 8.35. The van der Waals surface area contributed by atoms with E-state index in [2.05, 4.69) is 0 Å². The van der Waals surface area contributed by atoms with Gasteiger partial charge in [0, 0.05) is 17.4 Å². The van der Waals surface area contributed by atoms with E-state index in [0.717, 1.165) is 10.9 Å². The minimum atomic E-state index is -3.48. The topological polar surface area (TPSA) is 99.3 Å². The van der Waals surface area contributed by atoms with Crippen LogP contribution in [0, 0.1) is 0 Å². The van der Waals surface area contributed by atoms with Crippen LogP contribution in [-0.4, -0.2) is 19.2 Å². The van der Waals surface area contributed by atoms with Gasteiger partial charge in [-0.25, -0.2) is 13.6 Å². The van der Waals surface area contributed by atoms with Crippen molar-refractivity contribution in [1.82, 2.24) is 0 Å². The van der Waals surface area contributed by atoms with Crippen molar-refractivity contribution in [3.63, 3.8) is 0 Å². The van der Waals surface area contributed by atoms with Gasteiger partial charge in [0.05, 0.1) is 5.75 Å². The predicted octanol–water partition coefficient (Wildman–Crippen LogP) is 0.898. The lowest BCUT2D eigenvalue weighted by molar-refractivity contribution is 0.551. The van der Waals surface area contributed by atoms with Crippen molar-refractivity contribution in [1.29, 1.82) is 0 Å². The Bertz CT molecular complexity index is 704. The predicted molar refractivity (Wildman–Crippen MR) is 73.8 cm³/mol. The van der Waals surface area contributed by atoms with Gasteiger partial charge in [0.2, 0.25) is 10.0 Å². The molecular formula is C11H12N2O3S2. The molecule has 0 saturated heterocycles. The number of fused-ring (bicyclic) bond motifs is 1. The fourth-order valence-corrected chi connectivity index (χ4v) is 2.23. The van der Waals surface area contributed by atoms with Gasteiger partial charge in [-0.05, 0) is 24.3 Å². The number of furan rings is 1. The van der Waals surface area contributed by atoms with Crippen molar-refractivity contribution in [3.8, 4) is 0 Å². The molecule has 2 aromatic rings. The fraction of sp³-hybridized carbons (Fsp3) is 0.182. The lowest BCUT2D eigenvalue weighted by Gasteiger charge is -1.96. The van der Waals surface area contributed by atoms with Crippen LogP contribution in [0.2, 0.25) is 0 Å². The Balaban J connectivity index is 2.30. The SMILES string of the molecule is NC(=S)c1ccc2oc(CCS(N)(=O)=O)cc2c1. The Morgan fingerprint density at radius 1 is 1.33 bits per heavy atom. The standard InChI is InChI=1S/C11H12N2O3S2/c12-11(17)7-1-2-10-8(5-7)6-9(16-10)3-4-18(13,14)15/h1-2,5-6H,3-4H2,(H2,12,17)(H2,13,14,15). The smallest absolute Gasteiger partial charge is 0.209 e.